The van der Waals surface area contributed by atoms with Crippen molar-refractivity contribution in [2.45, 2.75) is 25.7 Å². The largest absolute Gasteiger partial charge is 0.397 e. The van der Waals surface area contributed by atoms with E-state index in [0.29, 0.717) is 0 Å². The van der Waals surface area contributed by atoms with Crippen molar-refractivity contribution < 1.29 is 0 Å². The molecule has 2 nitrogen and oxygen atoms in total. The molecule has 2 heteroatoms. The molecule has 1 heterocycles. The van der Waals surface area contributed by atoms with Gasteiger partial charge in [-0.1, -0.05) is 25.0 Å². The molecule has 0 aromatic heterocycles. The molecular weight excluding hydrogens is 184 g/mol. The number of hydrogen-bond donors (Lipinski definition) is 1. The van der Waals surface area contributed by atoms with Gasteiger partial charge < -0.3 is 10.6 Å². The van der Waals surface area contributed by atoms with Crippen molar-refractivity contribution in [3.8, 4) is 0 Å². The first-order valence-corrected chi connectivity index (χ1v) is 5.97. The smallest absolute Gasteiger partial charge is 0.0633 e. The fourth-order valence-electron chi connectivity index (χ4n) is 2.53. The summed E-state index contributed by atoms with van der Waals surface area (Å²) in [6.45, 7) is 2.36. The number of rotatable bonds is 3. The van der Waals surface area contributed by atoms with Crippen LogP contribution in [-0.2, 0) is 6.42 Å². The molecule has 0 radical (unpaired) electrons. The Labute approximate surface area is 91.1 Å². The van der Waals surface area contributed by atoms with Crippen molar-refractivity contribution in [3.63, 3.8) is 0 Å². The van der Waals surface area contributed by atoms with Crippen molar-refractivity contribution in [3.05, 3.63) is 23.8 Å². The third-order valence-electron chi connectivity index (χ3n) is 3.62. The van der Waals surface area contributed by atoms with Gasteiger partial charge in [-0.25, -0.2) is 0 Å². The molecule has 1 fully saturated rings. The molecule has 0 spiro atoms. The third-order valence-corrected chi connectivity index (χ3v) is 3.62. The first-order chi connectivity index (χ1) is 7.34. The van der Waals surface area contributed by atoms with Gasteiger partial charge in [0, 0.05) is 13.1 Å². The number of hydrogen-bond acceptors (Lipinski definition) is 2. The third kappa shape index (κ3) is 1.69. The summed E-state index contributed by atoms with van der Waals surface area (Å²) >= 11 is 0. The molecule has 1 aliphatic heterocycles. The zero-order valence-electron chi connectivity index (χ0n) is 9.08. The average molecular weight is 202 g/mol. The monoisotopic (exact) mass is 202 g/mol. The van der Waals surface area contributed by atoms with Gasteiger partial charge in [-0.3, -0.25) is 0 Å². The maximum Gasteiger partial charge on any atom is 0.0633 e. The molecule has 3 rings (SSSR count). The Balaban J connectivity index is 1.77. The van der Waals surface area contributed by atoms with Gasteiger partial charge in [-0.15, -0.1) is 0 Å². The van der Waals surface area contributed by atoms with E-state index in [1.165, 1.54) is 43.5 Å². The van der Waals surface area contributed by atoms with Crippen LogP contribution in [0, 0.1) is 5.92 Å². The van der Waals surface area contributed by atoms with E-state index in [-0.39, 0.29) is 0 Å². The summed E-state index contributed by atoms with van der Waals surface area (Å²) in [6.07, 6.45) is 5.43. The minimum atomic E-state index is 0.959. The molecule has 2 aliphatic rings. The molecule has 0 amide bonds. The van der Waals surface area contributed by atoms with Gasteiger partial charge in [0.05, 0.1) is 11.4 Å². The second-order valence-electron chi connectivity index (χ2n) is 4.82. The molecule has 1 aliphatic carbocycles. The van der Waals surface area contributed by atoms with Crippen molar-refractivity contribution >= 4 is 11.4 Å². The highest BCUT2D eigenvalue weighted by molar-refractivity contribution is 5.74. The predicted octanol–water partition coefficient (Wildman–Crippen LogP) is 2.43. The van der Waals surface area contributed by atoms with Crippen LogP contribution in [0.4, 0.5) is 11.4 Å². The minimum Gasteiger partial charge on any atom is -0.397 e. The molecule has 2 N–H and O–H groups in total. The molecule has 0 atom stereocenters. The van der Waals surface area contributed by atoms with Gasteiger partial charge in [0.1, 0.15) is 0 Å². The van der Waals surface area contributed by atoms with Crippen LogP contribution < -0.4 is 10.6 Å². The molecule has 0 saturated heterocycles. The molecular formula is C13H18N2. The highest BCUT2D eigenvalue weighted by atomic mass is 15.2. The van der Waals surface area contributed by atoms with Crippen LogP contribution in [0.1, 0.15) is 24.8 Å². The first kappa shape index (κ1) is 9.08. The summed E-state index contributed by atoms with van der Waals surface area (Å²) in [7, 11) is 0. The van der Waals surface area contributed by atoms with Crippen LogP contribution in [0.3, 0.4) is 0 Å². The van der Waals surface area contributed by atoms with Gasteiger partial charge in [-0.05, 0) is 30.4 Å². The Morgan fingerprint density at radius 3 is 3.00 bits per heavy atom. The van der Waals surface area contributed by atoms with Crippen LogP contribution in [0.2, 0.25) is 0 Å². The van der Waals surface area contributed by atoms with Crippen molar-refractivity contribution in [2.75, 3.05) is 23.7 Å². The summed E-state index contributed by atoms with van der Waals surface area (Å²) in [5.74, 6) is 1.01. The highest BCUT2D eigenvalue weighted by Gasteiger charge is 2.25. The van der Waals surface area contributed by atoms with Crippen LogP contribution in [-0.4, -0.2) is 13.1 Å². The van der Waals surface area contributed by atoms with Gasteiger partial charge >= 0.3 is 0 Å². The van der Waals surface area contributed by atoms with Crippen molar-refractivity contribution in [1.82, 2.24) is 0 Å². The van der Waals surface area contributed by atoms with Gasteiger partial charge in [0.15, 0.2) is 0 Å². The standard InChI is InChI=1S/C13H18N2/c14-12-3-1-2-11-7-9-15(13(11)12)8-6-10-4-5-10/h1-3,10H,4-9,14H2. The second-order valence-corrected chi connectivity index (χ2v) is 4.82. The number of benzene rings is 1. The maximum atomic E-state index is 6.04. The Kier molecular flexibility index (Phi) is 2.08. The Bertz CT molecular complexity index is 369. The lowest BCUT2D eigenvalue weighted by atomic mass is 10.1. The number of fused-ring (bicyclic) bond motifs is 1. The first-order valence-electron chi connectivity index (χ1n) is 5.97. The van der Waals surface area contributed by atoms with E-state index in [1.54, 1.807) is 0 Å². The summed E-state index contributed by atoms with van der Waals surface area (Å²) < 4.78 is 0. The maximum absolute atomic E-state index is 6.04. The molecule has 80 valence electrons. The van der Waals surface area contributed by atoms with Crippen molar-refractivity contribution in [2.24, 2.45) is 5.92 Å². The molecule has 1 aromatic rings. The fraction of sp³-hybridized carbons (Fsp3) is 0.538. The fourth-order valence-corrected chi connectivity index (χ4v) is 2.53. The van der Waals surface area contributed by atoms with Crippen LogP contribution in [0.25, 0.3) is 0 Å². The number of nitrogens with two attached hydrogens (primary N) is 1. The van der Waals surface area contributed by atoms with Crippen molar-refractivity contribution in [1.29, 1.82) is 0 Å². The van der Waals surface area contributed by atoms with Crippen LogP contribution >= 0.6 is 0 Å². The molecule has 0 unspecified atom stereocenters. The molecule has 0 bridgehead atoms. The Morgan fingerprint density at radius 1 is 1.33 bits per heavy atom. The van der Waals surface area contributed by atoms with E-state index in [2.05, 4.69) is 17.0 Å². The van der Waals surface area contributed by atoms with E-state index in [1.807, 2.05) is 6.07 Å². The van der Waals surface area contributed by atoms with Gasteiger partial charge in [0.25, 0.3) is 0 Å². The zero-order chi connectivity index (χ0) is 10.3. The summed E-state index contributed by atoms with van der Waals surface area (Å²) in [6, 6.07) is 6.30. The summed E-state index contributed by atoms with van der Waals surface area (Å²) in [5, 5.41) is 0. The molecule has 15 heavy (non-hydrogen) atoms. The van der Waals surface area contributed by atoms with E-state index in [9.17, 15) is 0 Å². The predicted molar refractivity (Wildman–Crippen MR) is 64.1 cm³/mol. The normalized spacial score (nSPS) is 19.3. The second kappa shape index (κ2) is 3.44. The SMILES string of the molecule is Nc1cccc2c1N(CCC1CC1)CC2. The quantitative estimate of drug-likeness (QED) is 0.763. The van der Waals surface area contributed by atoms with Gasteiger partial charge in [0.2, 0.25) is 0 Å². The van der Waals surface area contributed by atoms with E-state index < -0.39 is 0 Å². The summed E-state index contributed by atoms with van der Waals surface area (Å²) in [4.78, 5) is 2.48. The summed E-state index contributed by atoms with van der Waals surface area (Å²) in [5.41, 5.74) is 9.76. The number of para-hydroxylation sites is 1. The Hall–Kier alpha value is -1.18. The number of nitrogen functional groups attached to an aromatic ring is 1. The lowest BCUT2D eigenvalue weighted by molar-refractivity contribution is 0.691. The molecule has 1 aromatic carbocycles. The van der Waals surface area contributed by atoms with E-state index in [4.69, 9.17) is 5.73 Å². The lowest BCUT2D eigenvalue weighted by Crippen LogP contribution is -2.22. The lowest BCUT2D eigenvalue weighted by Gasteiger charge is -2.20. The minimum absolute atomic E-state index is 0.959. The molecule has 1 saturated carbocycles. The topological polar surface area (TPSA) is 29.3 Å². The average Bonchev–Trinajstić information content (AvgIpc) is 2.96. The van der Waals surface area contributed by atoms with Crippen LogP contribution in [0.15, 0.2) is 18.2 Å². The number of nitrogens with zero attached hydrogens (tertiary/aromatic N) is 1. The number of anilines is 2. The highest BCUT2D eigenvalue weighted by Crippen LogP contribution is 2.37. The van der Waals surface area contributed by atoms with Crippen LogP contribution in [0.5, 0.6) is 0 Å². The zero-order valence-corrected chi connectivity index (χ0v) is 9.08. The van der Waals surface area contributed by atoms with E-state index >= 15 is 0 Å². The van der Waals surface area contributed by atoms with E-state index in [0.717, 1.165) is 18.2 Å². The Morgan fingerprint density at radius 2 is 2.20 bits per heavy atom. The van der Waals surface area contributed by atoms with Gasteiger partial charge in [-0.2, -0.15) is 0 Å².